The summed E-state index contributed by atoms with van der Waals surface area (Å²) in [5, 5.41) is 25.6. The predicted octanol–water partition coefficient (Wildman–Crippen LogP) is -1.60. The molecule has 0 aromatic heterocycles. The lowest BCUT2D eigenvalue weighted by molar-refractivity contribution is -0.143. The van der Waals surface area contributed by atoms with Gasteiger partial charge in [-0.1, -0.05) is 44.2 Å². The van der Waals surface area contributed by atoms with Gasteiger partial charge in [0.25, 0.3) is 0 Å². The van der Waals surface area contributed by atoms with Gasteiger partial charge >= 0.3 is 5.97 Å². The van der Waals surface area contributed by atoms with Gasteiger partial charge in [0.05, 0.1) is 12.6 Å². The molecule has 0 aliphatic heterocycles. The van der Waals surface area contributed by atoms with E-state index in [9.17, 15) is 29.1 Å². The van der Waals surface area contributed by atoms with E-state index in [4.69, 9.17) is 16.6 Å². The molecule has 12 heteroatoms. The number of primary amides is 1. The lowest BCUT2D eigenvalue weighted by Crippen LogP contribution is -2.58. The number of hydrogen-bond acceptors (Lipinski definition) is 7. The molecule has 0 aliphatic carbocycles. The van der Waals surface area contributed by atoms with Crippen molar-refractivity contribution in [1.82, 2.24) is 16.0 Å². The number of aliphatic hydroxyl groups is 1. The third-order valence-electron chi connectivity index (χ3n) is 5.09. The Morgan fingerprint density at radius 3 is 1.94 bits per heavy atom. The number of aliphatic hydroxyl groups excluding tert-OH is 1. The average Bonchev–Trinajstić information content (AvgIpc) is 2.79. The summed E-state index contributed by atoms with van der Waals surface area (Å²) in [5.41, 5.74) is 11.7. The molecular formula is C23H35N5O7. The Kier molecular flexibility index (Phi) is 12.4. The van der Waals surface area contributed by atoms with Crippen LogP contribution in [0.25, 0.3) is 0 Å². The number of rotatable bonds is 15. The highest BCUT2D eigenvalue weighted by atomic mass is 16.4. The van der Waals surface area contributed by atoms with Gasteiger partial charge in [0.15, 0.2) is 0 Å². The summed E-state index contributed by atoms with van der Waals surface area (Å²) >= 11 is 0. The van der Waals surface area contributed by atoms with Crippen molar-refractivity contribution in [1.29, 1.82) is 0 Å². The molecule has 1 aromatic carbocycles. The van der Waals surface area contributed by atoms with E-state index in [2.05, 4.69) is 16.0 Å². The minimum Gasteiger partial charge on any atom is -0.480 e. The summed E-state index contributed by atoms with van der Waals surface area (Å²) in [6, 6.07) is 4.00. The number of aliphatic carboxylic acids is 1. The Labute approximate surface area is 203 Å². The van der Waals surface area contributed by atoms with Gasteiger partial charge in [-0.25, -0.2) is 4.79 Å². The van der Waals surface area contributed by atoms with Crippen LogP contribution in [0.3, 0.4) is 0 Å². The Morgan fingerprint density at radius 2 is 1.43 bits per heavy atom. The van der Waals surface area contributed by atoms with E-state index in [1.807, 2.05) is 13.8 Å². The predicted molar refractivity (Wildman–Crippen MR) is 127 cm³/mol. The number of carbonyl (C=O) groups is 5. The van der Waals surface area contributed by atoms with Gasteiger partial charge < -0.3 is 37.6 Å². The molecule has 0 radical (unpaired) electrons. The van der Waals surface area contributed by atoms with Crippen molar-refractivity contribution in [2.24, 2.45) is 17.4 Å². The number of nitrogens with two attached hydrogens (primary N) is 2. The Bertz CT molecular complexity index is 878. The van der Waals surface area contributed by atoms with Crippen LogP contribution in [0, 0.1) is 5.92 Å². The van der Waals surface area contributed by atoms with Gasteiger partial charge in [-0.3, -0.25) is 19.2 Å². The third kappa shape index (κ3) is 11.0. The molecule has 0 saturated carbocycles. The van der Waals surface area contributed by atoms with Crippen molar-refractivity contribution in [2.75, 3.05) is 6.61 Å². The molecule has 0 aliphatic rings. The molecule has 4 atom stereocenters. The third-order valence-corrected chi connectivity index (χ3v) is 5.09. The highest BCUT2D eigenvalue weighted by molar-refractivity contribution is 5.94. The monoisotopic (exact) mass is 493 g/mol. The summed E-state index contributed by atoms with van der Waals surface area (Å²) in [4.78, 5) is 60.6. The summed E-state index contributed by atoms with van der Waals surface area (Å²) in [6.45, 7) is 2.81. The quantitative estimate of drug-likeness (QED) is 0.151. The summed E-state index contributed by atoms with van der Waals surface area (Å²) in [6.07, 6.45) is 0.165. The number of benzene rings is 1. The van der Waals surface area contributed by atoms with Crippen molar-refractivity contribution >= 4 is 29.6 Å². The van der Waals surface area contributed by atoms with Crippen molar-refractivity contribution in [3.8, 4) is 0 Å². The second-order valence-corrected chi connectivity index (χ2v) is 8.64. The highest BCUT2D eigenvalue weighted by Gasteiger charge is 2.30. The standard InChI is InChI=1S/C23H35N5O7/c1-13(2)10-16(21(32)28-18(12-29)23(34)35)27-22(33)17(11-14-6-4-3-5-7-14)26-20(31)15(24)8-9-19(25)30/h3-7,13,15-18,29H,8-12,24H2,1-2H3,(H2,25,30)(H,26,31)(H,27,33)(H,28,32)(H,34,35). The van der Waals surface area contributed by atoms with Gasteiger partial charge in [0.1, 0.15) is 18.1 Å². The van der Waals surface area contributed by atoms with Crippen LogP contribution >= 0.6 is 0 Å². The van der Waals surface area contributed by atoms with Gasteiger partial charge in [0.2, 0.25) is 23.6 Å². The highest BCUT2D eigenvalue weighted by Crippen LogP contribution is 2.09. The zero-order valence-corrected chi connectivity index (χ0v) is 19.9. The van der Waals surface area contributed by atoms with Crippen molar-refractivity contribution < 1.29 is 34.2 Å². The van der Waals surface area contributed by atoms with E-state index in [0.29, 0.717) is 0 Å². The topological polar surface area (TPSA) is 214 Å². The molecule has 35 heavy (non-hydrogen) atoms. The Morgan fingerprint density at radius 1 is 0.886 bits per heavy atom. The van der Waals surface area contributed by atoms with Crippen LogP contribution in [0.2, 0.25) is 0 Å². The fourth-order valence-electron chi connectivity index (χ4n) is 3.20. The van der Waals surface area contributed by atoms with Crippen LogP contribution in [-0.2, 0) is 30.4 Å². The molecule has 0 bridgehead atoms. The van der Waals surface area contributed by atoms with E-state index >= 15 is 0 Å². The van der Waals surface area contributed by atoms with Crippen LogP contribution in [0.15, 0.2) is 30.3 Å². The molecule has 1 aromatic rings. The number of carboxylic acids is 1. The number of amides is 4. The minimum absolute atomic E-state index is 0.00302. The first kappa shape index (κ1) is 29.5. The van der Waals surface area contributed by atoms with E-state index in [0.717, 1.165) is 5.56 Å². The van der Waals surface area contributed by atoms with E-state index in [-0.39, 0.29) is 31.6 Å². The van der Waals surface area contributed by atoms with Crippen molar-refractivity contribution in [3.63, 3.8) is 0 Å². The van der Waals surface area contributed by atoms with Crippen LogP contribution in [0.5, 0.6) is 0 Å². The number of carbonyl (C=O) groups excluding carboxylic acids is 4. The maximum Gasteiger partial charge on any atom is 0.328 e. The number of carboxylic acid groups (broad SMARTS) is 1. The SMILES string of the molecule is CC(C)CC(NC(=O)C(Cc1ccccc1)NC(=O)C(N)CCC(N)=O)C(=O)NC(CO)C(=O)O. The molecule has 194 valence electrons. The molecule has 4 unspecified atom stereocenters. The van der Waals surface area contributed by atoms with Gasteiger partial charge in [-0.05, 0) is 24.3 Å². The largest absolute Gasteiger partial charge is 0.480 e. The van der Waals surface area contributed by atoms with Crippen molar-refractivity contribution in [2.45, 2.75) is 63.7 Å². The number of hydrogen-bond donors (Lipinski definition) is 7. The fraction of sp³-hybridized carbons (Fsp3) is 0.522. The molecule has 0 fully saturated rings. The summed E-state index contributed by atoms with van der Waals surface area (Å²) < 4.78 is 0. The second-order valence-electron chi connectivity index (χ2n) is 8.64. The van der Waals surface area contributed by atoms with E-state index in [1.165, 1.54) is 0 Å². The molecule has 0 heterocycles. The zero-order valence-electron chi connectivity index (χ0n) is 19.9. The fourth-order valence-corrected chi connectivity index (χ4v) is 3.20. The van der Waals surface area contributed by atoms with Crippen LogP contribution in [-0.4, -0.2) is 70.6 Å². The maximum absolute atomic E-state index is 13.2. The summed E-state index contributed by atoms with van der Waals surface area (Å²) in [5.74, 6) is -4.21. The lowest BCUT2D eigenvalue weighted by atomic mass is 10.0. The van der Waals surface area contributed by atoms with E-state index in [1.54, 1.807) is 30.3 Å². The van der Waals surface area contributed by atoms with Crippen LogP contribution in [0.1, 0.15) is 38.7 Å². The Balaban J connectivity index is 3.06. The molecule has 4 amide bonds. The lowest BCUT2D eigenvalue weighted by Gasteiger charge is -2.26. The van der Waals surface area contributed by atoms with Gasteiger partial charge in [-0.2, -0.15) is 0 Å². The molecular weight excluding hydrogens is 458 g/mol. The zero-order chi connectivity index (χ0) is 26.5. The molecule has 12 nitrogen and oxygen atoms in total. The van der Waals surface area contributed by atoms with Crippen LogP contribution in [0.4, 0.5) is 0 Å². The second kappa shape index (κ2) is 14.7. The average molecular weight is 494 g/mol. The van der Waals surface area contributed by atoms with Crippen molar-refractivity contribution in [3.05, 3.63) is 35.9 Å². The van der Waals surface area contributed by atoms with Gasteiger partial charge in [0, 0.05) is 12.8 Å². The first-order valence-corrected chi connectivity index (χ1v) is 11.3. The summed E-state index contributed by atoms with van der Waals surface area (Å²) in [7, 11) is 0. The smallest absolute Gasteiger partial charge is 0.328 e. The first-order valence-electron chi connectivity index (χ1n) is 11.3. The number of nitrogens with one attached hydrogen (secondary N) is 3. The molecule has 0 saturated heterocycles. The molecule has 0 spiro atoms. The minimum atomic E-state index is -1.53. The van der Waals surface area contributed by atoms with E-state index < -0.39 is 60.4 Å². The maximum atomic E-state index is 13.2. The Hall–Kier alpha value is -3.51. The molecule has 9 N–H and O–H groups in total. The van der Waals surface area contributed by atoms with Gasteiger partial charge in [-0.15, -0.1) is 0 Å². The normalized spacial score (nSPS) is 14.3. The van der Waals surface area contributed by atoms with Crippen LogP contribution < -0.4 is 27.4 Å². The first-order chi connectivity index (χ1) is 16.4. The molecule has 1 rings (SSSR count).